The maximum atomic E-state index is 13.8. The van der Waals surface area contributed by atoms with Crippen LogP contribution in [0.25, 0.3) is 0 Å². The van der Waals surface area contributed by atoms with Crippen molar-refractivity contribution in [3.8, 4) is 17.2 Å². The quantitative estimate of drug-likeness (QED) is 0.377. The molecule has 8 nitrogen and oxygen atoms in total. The van der Waals surface area contributed by atoms with Crippen molar-refractivity contribution in [1.29, 1.82) is 0 Å². The van der Waals surface area contributed by atoms with E-state index < -0.39 is 22.5 Å². The predicted octanol–water partition coefficient (Wildman–Crippen LogP) is 4.74. The van der Waals surface area contributed by atoms with E-state index in [-0.39, 0.29) is 22.1 Å². The number of benzene rings is 2. The van der Waals surface area contributed by atoms with E-state index in [9.17, 15) is 13.2 Å². The fourth-order valence-electron chi connectivity index (χ4n) is 4.10. The number of nitrogens with zero attached hydrogens (tertiary/aromatic N) is 1. The van der Waals surface area contributed by atoms with Crippen molar-refractivity contribution in [3.05, 3.63) is 41.4 Å². The summed E-state index contributed by atoms with van der Waals surface area (Å²) in [5.74, 6) is 1.26. The van der Waals surface area contributed by atoms with Gasteiger partial charge in [0.1, 0.15) is 12.3 Å². The Bertz CT molecular complexity index is 1140. The number of anilines is 1. The average Bonchev–Trinajstić information content (AvgIpc) is 2.89. The summed E-state index contributed by atoms with van der Waals surface area (Å²) in [5.41, 5.74) is 0.159. The van der Waals surface area contributed by atoms with Gasteiger partial charge in [-0.3, -0.25) is 9.10 Å². The molecule has 1 aliphatic rings. The maximum Gasteiger partial charge on any atom is 0.265 e. The summed E-state index contributed by atoms with van der Waals surface area (Å²) in [6, 6.07) is 8.88. The minimum absolute atomic E-state index is 0.0668. The Morgan fingerprint density at radius 3 is 2.33 bits per heavy atom. The van der Waals surface area contributed by atoms with Crippen molar-refractivity contribution in [3.63, 3.8) is 0 Å². The van der Waals surface area contributed by atoms with Crippen LogP contribution in [0, 0.1) is 0 Å². The molecular weight excluding hydrogens is 524 g/mol. The molecule has 11 heteroatoms. The highest BCUT2D eigenvalue weighted by Crippen LogP contribution is 2.37. The number of methoxy groups -OCH3 is 3. The van der Waals surface area contributed by atoms with Crippen LogP contribution in [0.2, 0.25) is 5.02 Å². The lowest BCUT2D eigenvalue weighted by Crippen LogP contribution is -2.41. The van der Waals surface area contributed by atoms with Gasteiger partial charge in [0.2, 0.25) is 5.91 Å². The van der Waals surface area contributed by atoms with Crippen LogP contribution in [0.4, 0.5) is 5.69 Å². The molecule has 0 aliphatic heterocycles. The van der Waals surface area contributed by atoms with E-state index in [1.807, 2.05) is 11.8 Å². The molecule has 0 unspecified atom stereocenters. The average molecular weight is 557 g/mol. The van der Waals surface area contributed by atoms with E-state index in [0.29, 0.717) is 22.6 Å². The number of hydrogen-bond acceptors (Lipinski definition) is 7. The molecule has 0 spiro atoms. The van der Waals surface area contributed by atoms with Crippen molar-refractivity contribution in [2.24, 2.45) is 0 Å². The smallest absolute Gasteiger partial charge is 0.265 e. The minimum Gasteiger partial charge on any atom is -0.495 e. The van der Waals surface area contributed by atoms with Crippen molar-refractivity contribution in [2.75, 3.05) is 44.5 Å². The van der Waals surface area contributed by atoms with E-state index in [4.69, 9.17) is 25.8 Å². The number of nitrogens with one attached hydrogen (secondary N) is 1. The summed E-state index contributed by atoms with van der Waals surface area (Å²) in [6.07, 6.45) is 6.24. The molecule has 0 bridgehead atoms. The van der Waals surface area contributed by atoms with Gasteiger partial charge in [-0.15, -0.1) is 0 Å². The third-order valence-corrected chi connectivity index (χ3v) is 9.34. The minimum atomic E-state index is -4.21. The van der Waals surface area contributed by atoms with Crippen molar-refractivity contribution < 1.29 is 27.4 Å². The van der Waals surface area contributed by atoms with Crippen molar-refractivity contribution >= 4 is 45.0 Å². The van der Waals surface area contributed by atoms with Crippen molar-refractivity contribution in [2.45, 2.75) is 42.2 Å². The van der Waals surface area contributed by atoms with Crippen molar-refractivity contribution in [1.82, 2.24) is 5.32 Å². The fraction of sp³-hybridized carbons (Fsp3) is 0.480. The first kappa shape index (κ1) is 28.3. The van der Waals surface area contributed by atoms with E-state index >= 15 is 0 Å². The second-order valence-electron chi connectivity index (χ2n) is 8.33. The summed E-state index contributed by atoms with van der Waals surface area (Å²) in [5, 5.41) is 3.80. The van der Waals surface area contributed by atoms with E-state index in [1.165, 1.54) is 77.7 Å². The number of hydrogen-bond donors (Lipinski definition) is 1. The number of carbonyl (C=O) groups excluding carboxylic acids is 1. The second kappa shape index (κ2) is 13.3. The number of ether oxygens (including phenoxy) is 3. The van der Waals surface area contributed by atoms with Crippen LogP contribution in [-0.2, 0) is 14.8 Å². The van der Waals surface area contributed by atoms with E-state index in [2.05, 4.69) is 5.32 Å². The lowest BCUT2D eigenvalue weighted by Gasteiger charge is -2.26. The first-order chi connectivity index (χ1) is 17.3. The highest BCUT2D eigenvalue weighted by atomic mass is 35.5. The van der Waals surface area contributed by atoms with Crippen LogP contribution in [0.5, 0.6) is 17.2 Å². The molecular formula is C25H33ClN2O6S2. The fourth-order valence-corrected chi connectivity index (χ4v) is 6.92. The third-order valence-electron chi connectivity index (χ3n) is 5.97. The van der Waals surface area contributed by atoms with Crippen LogP contribution >= 0.6 is 23.4 Å². The van der Waals surface area contributed by atoms with E-state index in [1.54, 1.807) is 12.1 Å². The molecule has 2 aromatic carbocycles. The lowest BCUT2D eigenvalue weighted by molar-refractivity contribution is -0.119. The Labute approximate surface area is 222 Å². The third kappa shape index (κ3) is 7.14. The van der Waals surface area contributed by atoms with Gasteiger partial charge >= 0.3 is 0 Å². The lowest BCUT2D eigenvalue weighted by atomic mass is 10.0. The zero-order valence-electron chi connectivity index (χ0n) is 20.8. The van der Waals surface area contributed by atoms with Gasteiger partial charge in [0, 0.05) is 28.6 Å². The molecule has 2 aromatic rings. The predicted molar refractivity (Wildman–Crippen MR) is 144 cm³/mol. The Hall–Kier alpha value is -2.30. The molecule has 0 atom stereocenters. The first-order valence-corrected chi connectivity index (χ1v) is 14.6. The summed E-state index contributed by atoms with van der Waals surface area (Å²) >= 11 is 8.06. The Kier molecular flexibility index (Phi) is 10.4. The number of rotatable bonds is 12. The first-order valence-electron chi connectivity index (χ1n) is 11.8. The monoisotopic (exact) mass is 556 g/mol. The van der Waals surface area contributed by atoms with Crippen LogP contribution in [-0.4, -0.2) is 59.7 Å². The number of halogens is 1. The zero-order valence-corrected chi connectivity index (χ0v) is 23.2. The summed E-state index contributed by atoms with van der Waals surface area (Å²) in [7, 11) is 0.102. The Balaban J connectivity index is 1.84. The highest BCUT2D eigenvalue weighted by molar-refractivity contribution is 7.99. The summed E-state index contributed by atoms with van der Waals surface area (Å²) in [4.78, 5) is 12.9. The van der Waals surface area contributed by atoms with Crippen LogP contribution in [0.3, 0.4) is 0 Å². The molecule has 0 radical (unpaired) electrons. The van der Waals surface area contributed by atoms with Gasteiger partial charge in [0.15, 0.2) is 11.5 Å². The number of carbonyl (C=O) groups is 1. The van der Waals surface area contributed by atoms with Crippen LogP contribution in [0.1, 0.15) is 32.1 Å². The standard InChI is InChI=1S/C25H33ClN2O6S2/c1-32-22-11-9-18(26)15-21(22)28(17-25(29)27-13-14-35-19-7-5-4-6-8-19)36(30,31)20-10-12-23(33-2)24(16-20)34-3/h9-12,15-16,19H,4-8,13-14,17H2,1-3H3,(H,27,29). The molecule has 0 saturated heterocycles. The molecule has 1 fully saturated rings. The van der Waals surface area contributed by atoms with Gasteiger partial charge in [-0.1, -0.05) is 30.9 Å². The zero-order chi connectivity index (χ0) is 26.1. The van der Waals surface area contributed by atoms with Gasteiger partial charge in [-0.2, -0.15) is 11.8 Å². The largest absolute Gasteiger partial charge is 0.495 e. The molecule has 1 aliphatic carbocycles. The summed E-state index contributed by atoms with van der Waals surface area (Å²) < 4.78 is 44.5. The molecule has 198 valence electrons. The van der Waals surface area contributed by atoms with E-state index in [0.717, 1.165) is 10.1 Å². The Morgan fingerprint density at radius 2 is 1.67 bits per heavy atom. The summed E-state index contributed by atoms with van der Waals surface area (Å²) in [6.45, 7) is 0.0123. The number of amides is 1. The van der Waals surface area contributed by atoms with Crippen LogP contribution in [0.15, 0.2) is 41.3 Å². The van der Waals surface area contributed by atoms with Gasteiger partial charge in [-0.25, -0.2) is 8.42 Å². The van der Waals surface area contributed by atoms with Gasteiger partial charge < -0.3 is 19.5 Å². The van der Waals surface area contributed by atoms with Gasteiger partial charge in [0.25, 0.3) is 10.0 Å². The van der Waals surface area contributed by atoms with Crippen LogP contribution < -0.4 is 23.8 Å². The SMILES string of the molecule is COc1ccc(S(=O)(=O)N(CC(=O)NCCSC2CCCCC2)c2cc(Cl)ccc2OC)cc1OC. The van der Waals surface area contributed by atoms with Gasteiger partial charge in [0.05, 0.1) is 31.9 Å². The molecule has 1 saturated carbocycles. The Morgan fingerprint density at radius 1 is 1.00 bits per heavy atom. The molecule has 3 rings (SSSR count). The molecule has 1 N–H and O–H groups in total. The molecule has 0 aromatic heterocycles. The molecule has 0 heterocycles. The highest BCUT2D eigenvalue weighted by Gasteiger charge is 2.30. The number of sulfonamides is 1. The normalized spacial score (nSPS) is 14.2. The maximum absolute atomic E-state index is 13.8. The second-order valence-corrected chi connectivity index (χ2v) is 12.0. The number of thioether (sulfide) groups is 1. The molecule has 36 heavy (non-hydrogen) atoms. The molecule has 1 amide bonds. The topological polar surface area (TPSA) is 94.2 Å². The van der Waals surface area contributed by atoms with Gasteiger partial charge in [-0.05, 0) is 43.2 Å².